The number of nitrogens with zero attached hydrogens (tertiary/aromatic N) is 1. The lowest BCUT2D eigenvalue weighted by molar-refractivity contribution is -0.180. The smallest absolute Gasteiger partial charge is 0.325 e. The Kier molecular flexibility index (Phi) is 8.80. The Morgan fingerprint density at radius 2 is 1.62 bits per heavy atom. The van der Waals surface area contributed by atoms with Gasteiger partial charge < -0.3 is 24.6 Å². The standard InChI is InChI=1S/C38H33IN2O7/c1-2-20-47-35(43)30-32-36(44)48-33(24-11-7-4-8-12-24)31(23-9-5-3-6-10-23)41(32)34(25-13-16-27(17-14-25)46-21-19-42)38(30)28-22-26(39)15-18-29(28)40-37(38)45/h2-18,22,30-34,42H,1,19-21H2,(H,40,45)/t30-,31-,32-,33+,34+,38+/m1/s1. The van der Waals surface area contributed by atoms with E-state index in [0.717, 1.165) is 14.7 Å². The van der Waals surface area contributed by atoms with Crippen molar-refractivity contribution < 1.29 is 33.7 Å². The van der Waals surface area contributed by atoms with Gasteiger partial charge in [-0.25, -0.2) is 0 Å². The van der Waals surface area contributed by atoms with Gasteiger partial charge in [0.25, 0.3) is 0 Å². The van der Waals surface area contributed by atoms with E-state index in [9.17, 15) is 19.5 Å². The van der Waals surface area contributed by atoms with Gasteiger partial charge in [-0.1, -0.05) is 85.5 Å². The number of morpholine rings is 1. The van der Waals surface area contributed by atoms with Crippen molar-refractivity contribution in [3.8, 4) is 5.75 Å². The number of aliphatic hydroxyl groups is 1. The van der Waals surface area contributed by atoms with Crippen LogP contribution in [-0.2, 0) is 29.3 Å². The molecule has 0 saturated carbocycles. The zero-order valence-electron chi connectivity index (χ0n) is 25.8. The van der Waals surface area contributed by atoms with E-state index in [4.69, 9.17) is 14.2 Å². The maximum absolute atomic E-state index is 14.8. The minimum absolute atomic E-state index is 0.0930. The van der Waals surface area contributed by atoms with Gasteiger partial charge in [0.2, 0.25) is 5.91 Å². The molecule has 0 bridgehead atoms. The Balaban J connectivity index is 1.53. The molecule has 10 heteroatoms. The van der Waals surface area contributed by atoms with Crippen LogP contribution >= 0.6 is 22.6 Å². The highest BCUT2D eigenvalue weighted by atomic mass is 127. The first-order valence-corrected chi connectivity index (χ1v) is 16.8. The fourth-order valence-electron chi connectivity index (χ4n) is 7.67. The van der Waals surface area contributed by atoms with Crippen LogP contribution in [0.5, 0.6) is 5.75 Å². The van der Waals surface area contributed by atoms with Crippen molar-refractivity contribution in [1.29, 1.82) is 0 Å². The minimum atomic E-state index is -1.59. The summed E-state index contributed by atoms with van der Waals surface area (Å²) in [6.07, 6.45) is 0.704. The number of amides is 1. The van der Waals surface area contributed by atoms with E-state index in [1.165, 1.54) is 6.08 Å². The van der Waals surface area contributed by atoms with E-state index >= 15 is 0 Å². The fourth-order valence-corrected chi connectivity index (χ4v) is 8.16. The fraction of sp³-hybridized carbons (Fsp3) is 0.237. The summed E-state index contributed by atoms with van der Waals surface area (Å²) in [7, 11) is 0. The number of anilines is 1. The van der Waals surface area contributed by atoms with Crippen molar-refractivity contribution in [3.63, 3.8) is 0 Å². The van der Waals surface area contributed by atoms with Crippen LogP contribution in [0.15, 0.2) is 116 Å². The molecule has 48 heavy (non-hydrogen) atoms. The van der Waals surface area contributed by atoms with E-state index < -0.39 is 53.4 Å². The number of rotatable bonds is 9. The quantitative estimate of drug-likeness (QED) is 0.128. The molecule has 1 amide bonds. The number of aliphatic hydroxyl groups excluding tert-OH is 1. The van der Waals surface area contributed by atoms with Crippen molar-refractivity contribution in [2.24, 2.45) is 5.92 Å². The maximum Gasteiger partial charge on any atom is 0.325 e. The first-order valence-electron chi connectivity index (χ1n) is 15.7. The number of halogens is 1. The van der Waals surface area contributed by atoms with Crippen molar-refractivity contribution in [2.45, 2.75) is 29.6 Å². The van der Waals surface area contributed by atoms with Gasteiger partial charge >= 0.3 is 11.9 Å². The number of hydrogen-bond acceptors (Lipinski definition) is 8. The zero-order valence-corrected chi connectivity index (χ0v) is 28.0. The van der Waals surface area contributed by atoms with Gasteiger partial charge in [0, 0.05) is 9.26 Å². The van der Waals surface area contributed by atoms with E-state index in [1.807, 2.05) is 95.9 Å². The third kappa shape index (κ3) is 5.19. The summed E-state index contributed by atoms with van der Waals surface area (Å²) >= 11 is 2.20. The third-order valence-corrected chi connectivity index (χ3v) is 10.1. The molecule has 2 N–H and O–H groups in total. The Labute approximate surface area is 291 Å². The molecule has 2 saturated heterocycles. The van der Waals surface area contributed by atoms with Crippen LogP contribution in [0.2, 0.25) is 0 Å². The van der Waals surface area contributed by atoms with Crippen LogP contribution in [-0.4, -0.2) is 53.7 Å². The maximum atomic E-state index is 14.8. The van der Waals surface area contributed by atoms with Crippen LogP contribution in [0.4, 0.5) is 5.69 Å². The molecule has 2 fully saturated rings. The summed E-state index contributed by atoms with van der Waals surface area (Å²) in [5, 5.41) is 12.4. The number of cyclic esters (lactones) is 1. The molecule has 4 aromatic carbocycles. The highest BCUT2D eigenvalue weighted by molar-refractivity contribution is 14.1. The average molecular weight is 757 g/mol. The molecule has 0 aliphatic carbocycles. The number of carbonyl (C=O) groups excluding carboxylic acids is 3. The van der Waals surface area contributed by atoms with Crippen molar-refractivity contribution in [2.75, 3.05) is 25.1 Å². The Hall–Kier alpha value is -4.52. The Morgan fingerprint density at radius 3 is 2.29 bits per heavy atom. The molecular weight excluding hydrogens is 723 g/mol. The molecule has 0 radical (unpaired) electrons. The average Bonchev–Trinajstić information content (AvgIpc) is 3.59. The number of benzene rings is 4. The normalized spacial score (nSPS) is 25.9. The van der Waals surface area contributed by atoms with E-state index in [2.05, 4.69) is 34.5 Å². The molecule has 7 rings (SSSR count). The number of hydrogen-bond donors (Lipinski definition) is 2. The molecular formula is C38H33IN2O7. The molecule has 1 spiro atoms. The Morgan fingerprint density at radius 1 is 0.938 bits per heavy atom. The molecule has 3 heterocycles. The first kappa shape index (κ1) is 32.0. The van der Waals surface area contributed by atoms with Crippen LogP contribution < -0.4 is 10.1 Å². The molecule has 3 aliphatic heterocycles. The van der Waals surface area contributed by atoms with E-state index in [0.29, 0.717) is 22.6 Å². The second-order valence-electron chi connectivity index (χ2n) is 12.0. The number of carbonyl (C=O) groups is 3. The van der Waals surface area contributed by atoms with Crippen molar-refractivity contribution >= 4 is 46.1 Å². The van der Waals surface area contributed by atoms with Gasteiger partial charge in [0.15, 0.2) is 0 Å². The monoisotopic (exact) mass is 756 g/mol. The summed E-state index contributed by atoms with van der Waals surface area (Å²) < 4.78 is 18.6. The topological polar surface area (TPSA) is 114 Å². The predicted octanol–water partition coefficient (Wildman–Crippen LogP) is 5.66. The number of nitrogens with one attached hydrogen (secondary N) is 1. The molecule has 3 aliphatic rings. The van der Waals surface area contributed by atoms with Crippen LogP contribution in [0.25, 0.3) is 0 Å². The molecule has 244 valence electrons. The lowest BCUT2D eigenvalue weighted by Gasteiger charge is -2.46. The lowest BCUT2D eigenvalue weighted by Crippen LogP contribution is -2.52. The van der Waals surface area contributed by atoms with Crippen LogP contribution in [0.3, 0.4) is 0 Å². The summed E-state index contributed by atoms with van der Waals surface area (Å²) in [6, 6.07) is 29.5. The molecule has 6 atom stereocenters. The van der Waals surface area contributed by atoms with Gasteiger partial charge in [-0.3, -0.25) is 19.3 Å². The summed E-state index contributed by atoms with van der Waals surface area (Å²) in [4.78, 5) is 45.8. The minimum Gasteiger partial charge on any atom is -0.491 e. The van der Waals surface area contributed by atoms with E-state index in [-0.39, 0.29) is 19.8 Å². The largest absolute Gasteiger partial charge is 0.491 e. The molecule has 0 aromatic heterocycles. The van der Waals surface area contributed by atoms with Crippen molar-refractivity contribution in [1.82, 2.24) is 4.90 Å². The predicted molar refractivity (Wildman–Crippen MR) is 186 cm³/mol. The number of ether oxygens (including phenoxy) is 3. The SMILES string of the molecule is C=CCOC(=O)[C@H]1[C@@H]2C(=O)O[C@@H](c3ccccc3)[C@@H](c3ccccc3)N2[C@@H](c2ccc(OCCO)cc2)[C@@]12C(=O)Nc1ccc(I)cc12. The number of fused-ring (bicyclic) bond motifs is 3. The summed E-state index contributed by atoms with van der Waals surface area (Å²) in [5.41, 5.74) is 1.91. The van der Waals surface area contributed by atoms with Gasteiger partial charge in [-0.15, -0.1) is 0 Å². The van der Waals surface area contributed by atoms with Crippen molar-refractivity contribution in [3.05, 3.63) is 142 Å². The second kappa shape index (κ2) is 13.2. The van der Waals surface area contributed by atoms with Gasteiger partial charge in [-0.05, 0) is 75.2 Å². The third-order valence-electron chi connectivity index (χ3n) is 9.42. The lowest BCUT2D eigenvalue weighted by atomic mass is 9.65. The van der Waals surface area contributed by atoms with Gasteiger partial charge in [0.1, 0.15) is 42.4 Å². The summed E-state index contributed by atoms with van der Waals surface area (Å²) in [6.45, 7) is 3.59. The second-order valence-corrected chi connectivity index (χ2v) is 13.2. The van der Waals surface area contributed by atoms with E-state index in [1.54, 1.807) is 12.1 Å². The van der Waals surface area contributed by atoms with Gasteiger partial charge in [-0.2, -0.15) is 0 Å². The molecule has 0 unspecified atom stereocenters. The highest BCUT2D eigenvalue weighted by Gasteiger charge is 2.74. The van der Waals surface area contributed by atoms with Crippen LogP contribution in [0.1, 0.15) is 40.4 Å². The Bertz CT molecular complexity index is 1850. The van der Waals surface area contributed by atoms with Crippen LogP contribution in [0, 0.1) is 9.49 Å². The first-order chi connectivity index (χ1) is 23.4. The molecule has 4 aromatic rings. The number of esters is 2. The summed E-state index contributed by atoms with van der Waals surface area (Å²) in [5.74, 6) is -2.46. The highest BCUT2D eigenvalue weighted by Crippen LogP contribution is 2.65. The zero-order chi connectivity index (χ0) is 33.4. The van der Waals surface area contributed by atoms with Gasteiger partial charge in [0.05, 0.1) is 18.7 Å². The molecule has 9 nitrogen and oxygen atoms in total.